The fourth-order valence-corrected chi connectivity index (χ4v) is 1.92. The fourth-order valence-electron chi connectivity index (χ4n) is 1.61. The standard InChI is InChI=1S/C11H7ClFNO2/c1-5-7-4-6(13)2-3-8(7)14-10(12)9(5)11(15)16/h2-4H,1H3,(H,15,16). The first-order valence-corrected chi connectivity index (χ1v) is 4.87. The Morgan fingerprint density at radius 1 is 1.50 bits per heavy atom. The highest BCUT2D eigenvalue weighted by molar-refractivity contribution is 6.33. The number of halogens is 2. The zero-order valence-electron chi connectivity index (χ0n) is 8.29. The predicted molar refractivity (Wildman–Crippen MR) is 58.4 cm³/mol. The van der Waals surface area contributed by atoms with E-state index >= 15 is 0 Å². The molecular weight excluding hydrogens is 233 g/mol. The van der Waals surface area contributed by atoms with E-state index in [2.05, 4.69) is 4.98 Å². The maximum absolute atomic E-state index is 13.0. The van der Waals surface area contributed by atoms with Gasteiger partial charge in [-0.1, -0.05) is 11.6 Å². The van der Waals surface area contributed by atoms with Crippen LogP contribution in [0, 0.1) is 12.7 Å². The molecule has 0 aliphatic rings. The molecule has 0 saturated heterocycles. The number of benzene rings is 1. The lowest BCUT2D eigenvalue weighted by molar-refractivity contribution is 0.0696. The molecule has 82 valence electrons. The van der Waals surface area contributed by atoms with Crippen LogP contribution in [0.3, 0.4) is 0 Å². The molecule has 0 spiro atoms. The molecular formula is C11H7ClFNO2. The molecule has 0 saturated carbocycles. The van der Waals surface area contributed by atoms with Gasteiger partial charge in [0.15, 0.2) is 0 Å². The number of carboxylic acids is 1. The highest BCUT2D eigenvalue weighted by Gasteiger charge is 2.16. The van der Waals surface area contributed by atoms with Crippen molar-refractivity contribution < 1.29 is 14.3 Å². The van der Waals surface area contributed by atoms with E-state index in [1.807, 2.05) is 0 Å². The highest BCUT2D eigenvalue weighted by Crippen LogP contribution is 2.26. The average Bonchev–Trinajstić information content (AvgIpc) is 2.19. The van der Waals surface area contributed by atoms with Gasteiger partial charge in [-0.15, -0.1) is 0 Å². The van der Waals surface area contributed by atoms with Crippen molar-refractivity contribution in [1.29, 1.82) is 0 Å². The molecule has 0 atom stereocenters. The van der Waals surface area contributed by atoms with Gasteiger partial charge in [0.05, 0.1) is 5.52 Å². The van der Waals surface area contributed by atoms with Crippen LogP contribution in [0.25, 0.3) is 10.9 Å². The number of aromatic nitrogens is 1. The van der Waals surface area contributed by atoms with Crippen LogP contribution in [0.1, 0.15) is 15.9 Å². The van der Waals surface area contributed by atoms with Gasteiger partial charge in [-0.05, 0) is 30.7 Å². The summed E-state index contributed by atoms with van der Waals surface area (Å²) < 4.78 is 13.0. The maximum atomic E-state index is 13.0. The third-order valence-electron chi connectivity index (χ3n) is 2.38. The van der Waals surface area contributed by atoms with Crippen molar-refractivity contribution in [3.63, 3.8) is 0 Å². The van der Waals surface area contributed by atoms with Crippen molar-refractivity contribution in [3.05, 3.63) is 40.3 Å². The maximum Gasteiger partial charge on any atom is 0.339 e. The first-order chi connectivity index (χ1) is 7.50. The number of rotatable bonds is 1. The van der Waals surface area contributed by atoms with Crippen molar-refractivity contribution in [2.75, 3.05) is 0 Å². The largest absolute Gasteiger partial charge is 0.478 e. The van der Waals surface area contributed by atoms with E-state index < -0.39 is 11.8 Å². The zero-order valence-corrected chi connectivity index (χ0v) is 9.05. The lowest BCUT2D eigenvalue weighted by Crippen LogP contribution is -2.03. The summed E-state index contributed by atoms with van der Waals surface area (Å²) in [6.45, 7) is 1.58. The third-order valence-corrected chi connectivity index (χ3v) is 2.65. The molecule has 5 heteroatoms. The third kappa shape index (κ3) is 1.61. The number of pyridine rings is 1. The fraction of sp³-hybridized carbons (Fsp3) is 0.0909. The molecule has 16 heavy (non-hydrogen) atoms. The quantitative estimate of drug-likeness (QED) is 0.778. The van der Waals surface area contributed by atoms with Crippen LogP contribution in [0.5, 0.6) is 0 Å². The van der Waals surface area contributed by atoms with Crippen LogP contribution in [0.2, 0.25) is 5.15 Å². The molecule has 0 bridgehead atoms. The van der Waals surface area contributed by atoms with Crippen LogP contribution in [-0.4, -0.2) is 16.1 Å². The number of fused-ring (bicyclic) bond motifs is 1. The number of hydrogen-bond acceptors (Lipinski definition) is 2. The molecule has 0 unspecified atom stereocenters. The number of carboxylic acid groups (broad SMARTS) is 1. The SMILES string of the molecule is Cc1c(C(=O)O)c(Cl)nc2ccc(F)cc12. The van der Waals surface area contributed by atoms with Gasteiger partial charge in [0.25, 0.3) is 0 Å². The molecule has 0 amide bonds. The molecule has 0 fully saturated rings. The summed E-state index contributed by atoms with van der Waals surface area (Å²) in [6.07, 6.45) is 0. The van der Waals surface area contributed by atoms with Crippen LogP contribution in [-0.2, 0) is 0 Å². The van der Waals surface area contributed by atoms with Gasteiger partial charge in [-0.3, -0.25) is 0 Å². The summed E-state index contributed by atoms with van der Waals surface area (Å²) in [7, 11) is 0. The van der Waals surface area contributed by atoms with E-state index in [1.54, 1.807) is 6.92 Å². The first-order valence-electron chi connectivity index (χ1n) is 4.49. The van der Waals surface area contributed by atoms with Crippen molar-refractivity contribution in [2.45, 2.75) is 6.92 Å². The second kappa shape index (κ2) is 3.72. The second-order valence-electron chi connectivity index (χ2n) is 3.37. The Bertz CT molecular complexity index is 598. The number of carbonyl (C=O) groups is 1. The summed E-state index contributed by atoms with van der Waals surface area (Å²) in [6, 6.07) is 3.97. The Balaban J connectivity index is 2.90. The number of aryl methyl sites for hydroxylation is 1. The predicted octanol–water partition coefficient (Wildman–Crippen LogP) is 3.03. The van der Waals surface area contributed by atoms with Gasteiger partial charge in [-0.25, -0.2) is 14.2 Å². The molecule has 2 aromatic rings. The Kier molecular flexibility index (Phi) is 2.52. The molecule has 1 aromatic heterocycles. The zero-order chi connectivity index (χ0) is 11.9. The number of aromatic carboxylic acids is 1. The molecule has 3 nitrogen and oxygen atoms in total. The molecule has 1 N–H and O–H groups in total. The number of nitrogens with zero attached hydrogens (tertiary/aromatic N) is 1. The van der Waals surface area contributed by atoms with Gasteiger partial charge in [0, 0.05) is 5.39 Å². The first kappa shape index (κ1) is 10.8. The summed E-state index contributed by atoms with van der Waals surface area (Å²) >= 11 is 5.76. The van der Waals surface area contributed by atoms with Crippen molar-refractivity contribution >= 4 is 28.5 Å². The molecule has 0 aliphatic carbocycles. The lowest BCUT2D eigenvalue weighted by Gasteiger charge is -2.07. The topological polar surface area (TPSA) is 50.2 Å². The van der Waals surface area contributed by atoms with Crippen LogP contribution in [0.15, 0.2) is 18.2 Å². The summed E-state index contributed by atoms with van der Waals surface area (Å²) in [5.74, 6) is -1.60. The van der Waals surface area contributed by atoms with Gasteiger partial charge < -0.3 is 5.11 Å². The Morgan fingerprint density at radius 3 is 2.81 bits per heavy atom. The Morgan fingerprint density at radius 2 is 2.19 bits per heavy atom. The highest BCUT2D eigenvalue weighted by atomic mass is 35.5. The van der Waals surface area contributed by atoms with E-state index in [1.165, 1.54) is 18.2 Å². The van der Waals surface area contributed by atoms with Crippen LogP contribution < -0.4 is 0 Å². The normalized spacial score (nSPS) is 10.7. The smallest absolute Gasteiger partial charge is 0.339 e. The van der Waals surface area contributed by atoms with Gasteiger partial charge in [0.1, 0.15) is 16.5 Å². The van der Waals surface area contributed by atoms with Crippen molar-refractivity contribution in [2.24, 2.45) is 0 Å². The van der Waals surface area contributed by atoms with Gasteiger partial charge in [-0.2, -0.15) is 0 Å². The lowest BCUT2D eigenvalue weighted by atomic mass is 10.1. The van der Waals surface area contributed by atoms with E-state index in [-0.39, 0.29) is 10.7 Å². The van der Waals surface area contributed by atoms with E-state index in [0.717, 1.165) is 0 Å². The van der Waals surface area contributed by atoms with Crippen molar-refractivity contribution in [1.82, 2.24) is 4.98 Å². The minimum absolute atomic E-state index is 0.0795. The summed E-state index contributed by atoms with van der Waals surface area (Å²) in [5.41, 5.74) is 0.815. The van der Waals surface area contributed by atoms with Crippen LogP contribution in [0.4, 0.5) is 4.39 Å². The molecule has 1 heterocycles. The average molecular weight is 240 g/mol. The van der Waals surface area contributed by atoms with E-state index in [9.17, 15) is 9.18 Å². The molecule has 1 aromatic carbocycles. The van der Waals surface area contributed by atoms with E-state index in [4.69, 9.17) is 16.7 Å². The minimum atomic E-state index is -1.17. The minimum Gasteiger partial charge on any atom is -0.478 e. The Hall–Kier alpha value is -1.68. The molecule has 0 radical (unpaired) electrons. The van der Waals surface area contributed by atoms with E-state index in [0.29, 0.717) is 16.5 Å². The second-order valence-corrected chi connectivity index (χ2v) is 3.73. The molecule has 2 rings (SSSR count). The Labute approximate surface area is 95.5 Å². The number of hydrogen-bond donors (Lipinski definition) is 1. The van der Waals surface area contributed by atoms with Gasteiger partial charge >= 0.3 is 5.97 Å². The van der Waals surface area contributed by atoms with Crippen LogP contribution >= 0.6 is 11.6 Å². The molecule has 0 aliphatic heterocycles. The monoisotopic (exact) mass is 239 g/mol. The van der Waals surface area contributed by atoms with Crippen molar-refractivity contribution in [3.8, 4) is 0 Å². The summed E-state index contributed by atoms with van der Waals surface area (Å²) in [4.78, 5) is 14.9. The summed E-state index contributed by atoms with van der Waals surface area (Å²) in [5, 5.41) is 9.34. The van der Waals surface area contributed by atoms with Gasteiger partial charge in [0.2, 0.25) is 0 Å².